The summed E-state index contributed by atoms with van der Waals surface area (Å²) in [6.45, 7) is 0. The van der Waals surface area contributed by atoms with Crippen molar-refractivity contribution in [3.8, 4) is 0 Å². The van der Waals surface area contributed by atoms with Gasteiger partial charge < -0.3 is 0 Å². The van der Waals surface area contributed by atoms with Gasteiger partial charge in [-0.3, -0.25) is 4.79 Å². The van der Waals surface area contributed by atoms with Crippen LogP contribution in [0.4, 0.5) is 0 Å². The van der Waals surface area contributed by atoms with E-state index in [1.165, 1.54) is 25.7 Å². The summed E-state index contributed by atoms with van der Waals surface area (Å²) in [4.78, 5) is 11.5. The predicted molar refractivity (Wildman–Crippen MR) is 56.7 cm³/mol. The van der Waals surface area contributed by atoms with Gasteiger partial charge in [0.05, 0.1) is 0 Å². The van der Waals surface area contributed by atoms with E-state index in [1.807, 2.05) is 0 Å². The van der Waals surface area contributed by atoms with E-state index in [2.05, 4.69) is 12.2 Å². The molecule has 13 heavy (non-hydrogen) atoms. The van der Waals surface area contributed by atoms with E-state index in [0.29, 0.717) is 11.0 Å². The minimum absolute atomic E-state index is 0.406. The van der Waals surface area contributed by atoms with E-state index in [4.69, 9.17) is 0 Å². The number of allylic oxidation sites excluding steroid dienone is 2. The lowest BCUT2D eigenvalue weighted by Crippen LogP contribution is -2.01. The topological polar surface area (TPSA) is 17.1 Å². The highest BCUT2D eigenvalue weighted by Crippen LogP contribution is 2.33. The Morgan fingerprint density at radius 3 is 2.85 bits per heavy atom. The third kappa shape index (κ3) is 3.18. The van der Waals surface area contributed by atoms with Gasteiger partial charge >= 0.3 is 0 Å². The quantitative estimate of drug-likeness (QED) is 0.643. The van der Waals surface area contributed by atoms with E-state index < -0.39 is 0 Å². The third-order valence-electron chi connectivity index (χ3n) is 2.72. The second-order valence-electron chi connectivity index (χ2n) is 4.10. The van der Waals surface area contributed by atoms with Gasteiger partial charge in [-0.2, -0.15) is 0 Å². The van der Waals surface area contributed by atoms with Crippen molar-refractivity contribution in [1.29, 1.82) is 0 Å². The van der Waals surface area contributed by atoms with Gasteiger partial charge in [-0.1, -0.05) is 23.9 Å². The molecule has 1 nitrogen and oxygen atoms in total. The molecule has 1 unspecified atom stereocenters. The summed E-state index contributed by atoms with van der Waals surface area (Å²) in [6, 6.07) is 0. The van der Waals surface area contributed by atoms with Gasteiger partial charge in [0.25, 0.3) is 0 Å². The summed E-state index contributed by atoms with van der Waals surface area (Å²) in [5, 5.41) is 0.406. The Kier molecular flexibility index (Phi) is 3.09. The van der Waals surface area contributed by atoms with Crippen molar-refractivity contribution in [2.75, 3.05) is 5.75 Å². The molecule has 0 spiro atoms. The van der Waals surface area contributed by atoms with Crippen molar-refractivity contribution in [1.82, 2.24) is 0 Å². The highest BCUT2D eigenvalue weighted by Gasteiger charge is 2.23. The second-order valence-corrected chi connectivity index (χ2v) is 5.17. The van der Waals surface area contributed by atoms with Crippen molar-refractivity contribution in [3.05, 3.63) is 12.2 Å². The Bertz CT molecular complexity index is 218. The molecule has 2 rings (SSSR count). The molecule has 0 aliphatic heterocycles. The molecule has 0 aromatic rings. The van der Waals surface area contributed by atoms with E-state index in [-0.39, 0.29) is 0 Å². The largest absolute Gasteiger partial charge is 0.287 e. The molecular weight excluding hydrogens is 180 g/mol. The average Bonchev–Trinajstić information content (AvgIpc) is 2.82. The minimum Gasteiger partial charge on any atom is -0.287 e. The Morgan fingerprint density at radius 2 is 2.23 bits per heavy atom. The first-order valence-electron chi connectivity index (χ1n) is 5.17. The summed E-state index contributed by atoms with van der Waals surface area (Å²) >= 11 is 1.56. The number of hydrogen-bond acceptors (Lipinski definition) is 2. The molecule has 1 saturated carbocycles. The Labute approximate surface area is 84.0 Å². The van der Waals surface area contributed by atoms with Crippen LogP contribution < -0.4 is 0 Å². The van der Waals surface area contributed by atoms with Crippen LogP contribution in [0.2, 0.25) is 0 Å². The first-order valence-corrected chi connectivity index (χ1v) is 6.15. The second kappa shape index (κ2) is 4.32. The zero-order valence-corrected chi connectivity index (χ0v) is 8.69. The van der Waals surface area contributed by atoms with Crippen LogP contribution in [-0.4, -0.2) is 10.9 Å². The summed E-state index contributed by atoms with van der Waals surface area (Å²) in [5.74, 6) is 2.50. The Hall–Kier alpha value is -0.240. The molecule has 0 saturated heterocycles. The highest BCUT2D eigenvalue weighted by molar-refractivity contribution is 8.13. The van der Waals surface area contributed by atoms with Gasteiger partial charge in [0.2, 0.25) is 0 Å². The van der Waals surface area contributed by atoms with Crippen LogP contribution in [0.5, 0.6) is 0 Å². The van der Waals surface area contributed by atoms with Crippen LogP contribution in [0.3, 0.4) is 0 Å². The van der Waals surface area contributed by atoms with E-state index >= 15 is 0 Å². The van der Waals surface area contributed by atoms with Crippen LogP contribution in [-0.2, 0) is 4.79 Å². The molecule has 0 radical (unpaired) electrons. The molecule has 2 aliphatic rings. The van der Waals surface area contributed by atoms with E-state index in [1.54, 1.807) is 11.8 Å². The number of hydrogen-bond donors (Lipinski definition) is 0. The normalized spacial score (nSPS) is 26.6. The monoisotopic (exact) mass is 196 g/mol. The molecule has 1 atom stereocenters. The maximum atomic E-state index is 11.5. The molecule has 0 aromatic heterocycles. The van der Waals surface area contributed by atoms with Gasteiger partial charge in [-0.15, -0.1) is 0 Å². The van der Waals surface area contributed by atoms with Crippen molar-refractivity contribution in [3.63, 3.8) is 0 Å². The van der Waals surface area contributed by atoms with Gasteiger partial charge in [0.15, 0.2) is 5.12 Å². The molecule has 1 fully saturated rings. The lowest BCUT2D eigenvalue weighted by atomic mass is 10.1. The fourth-order valence-electron chi connectivity index (χ4n) is 1.63. The molecule has 2 heteroatoms. The summed E-state index contributed by atoms with van der Waals surface area (Å²) < 4.78 is 0. The third-order valence-corrected chi connectivity index (χ3v) is 3.84. The number of rotatable bonds is 4. The highest BCUT2D eigenvalue weighted by atomic mass is 32.2. The number of carbonyl (C=O) groups is 1. The molecule has 2 aliphatic carbocycles. The Balaban J connectivity index is 1.62. The fourth-order valence-corrected chi connectivity index (χ4v) is 2.72. The first-order chi connectivity index (χ1) is 6.34. The van der Waals surface area contributed by atoms with Gasteiger partial charge in [-0.25, -0.2) is 0 Å². The van der Waals surface area contributed by atoms with Gasteiger partial charge in [0, 0.05) is 12.2 Å². The molecule has 0 amide bonds. The van der Waals surface area contributed by atoms with Crippen LogP contribution in [0.1, 0.15) is 32.1 Å². The van der Waals surface area contributed by atoms with E-state index in [9.17, 15) is 4.79 Å². The average molecular weight is 196 g/mol. The lowest BCUT2D eigenvalue weighted by molar-refractivity contribution is -0.111. The zero-order chi connectivity index (χ0) is 9.10. The summed E-state index contributed by atoms with van der Waals surface area (Å²) in [7, 11) is 0. The van der Waals surface area contributed by atoms with Crippen molar-refractivity contribution in [2.45, 2.75) is 32.1 Å². The zero-order valence-electron chi connectivity index (χ0n) is 7.87. The minimum atomic E-state index is 0.406. The molecule has 0 bridgehead atoms. The predicted octanol–water partition coefficient (Wildman–Crippen LogP) is 3.01. The fraction of sp³-hybridized carbons (Fsp3) is 0.727. The molecular formula is C11H16OS. The van der Waals surface area contributed by atoms with Crippen LogP contribution in [0.15, 0.2) is 12.2 Å². The van der Waals surface area contributed by atoms with Gasteiger partial charge in [0.1, 0.15) is 0 Å². The lowest BCUT2D eigenvalue weighted by Gasteiger charge is -2.04. The van der Waals surface area contributed by atoms with Crippen LogP contribution in [0, 0.1) is 11.8 Å². The van der Waals surface area contributed by atoms with Gasteiger partial charge in [-0.05, 0) is 37.5 Å². The van der Waals surface area contributed by atoms with Crippen LogP contribution >= 0.6 is 11.8 Å². The first kappa shape index (κ1) is 9.32. The molecule has 0 N–H and O–H groups in total. The number of thioether (sulfide) groups is 1. The molecule has 72 valence electrons. The van der Waals surface area contributed by atoms with E-state index in [0.717, 1.165) is 18.1 Å². The standard InChI is InChI=1S/C11H16OS/c12-11(13-8-10-5-6-10)7-9-3-1-2-4-9/h1,3,9-10H,2,4-8H2. The SMILES string of the molecule is O=C(CC1C=CCC1)SCC1CC1. The maximum absolute atomic E-state index is 11.5. The van der Waals surface area contributed by atoms with Crippen molar-refractivity contribution in [2.24, 2.45) is 11.8 Å². The summed E-state index contributed by atoms with van der Waals surface area (Å²) in [5.41, 5.74) is 0. The van der Waals surface area contributed by atoms with Crippen molar-refractivity contribution < 1.29 is 4.79 Å². The molecule has 0 aromatic carbocycles. The van der Waals surface area contributed by atoms with Crippen LogP contribution in [0.25, 0.3) is 0 Å². The maximum Gasteiger partial charge on any atom is 0.189 e. The Morgan fingerprint density at radius 1 is 1.38 bits per heavy atom. The molecule has 0 heterocycles. The smallest absolute Gasteiger partial charge is 0.189 e. The summed E-state index contributed by atoms with van der Waals surface area (Å²) in [6.07, 6.45) is 10.2. The van der Waals surface area contributed by atoms with Crippen molar-refractivity contribution >= 4 is 16.9 Å². The number of carbonyl (C=O) groups excluding carboxylic acids is 1.